The average Bonchev–Trinajstić information content (AvgIpc) is 3.08. The molecule has 0 fully saturated rings. The van der Waals surface area contributed by atoms with E-state index in [1.54, 1.807) is 19.4 Å². The summed E-state index contributed by atoms with van der Waals surface area (Å²) >= 11 is 0. The summed E-state index contributed by atoms with van der Waals surface area (Å²) in [6, 6.07) is 13.7. The van der Waals surface area contributed by atoms with Gasteiger partial charge in [-0.25, -0.2) is 0 Å². The van der Waals surface area contributed by atoms with Crippen molar-refractivity contribution in [3.63, 3.8) is 0 Å². The first-order chi connectivity index (χ1) is 11.2. The molecule has 0 spiro atoms. The van der Waals surface area contributed by atoms with Crippen molar-refractivity contribution < 1.29 is 9.21 Å². The van der Waals surface area contributed by atoms with Crippen molar-refractivity contribution in [1.29, 1.82) is 0 Å². The SMILES string of the molecule is CN=C(NCC(=O)NCc1ccco1)N(C)Cc1ccccc1. The van der Waals surface area contributed by atoms with E-state index in [0.29, 0.717) is 19.0 Å². The fraction of sp³-hybridized carbons (Fsp3) is 0.294. The van der Waals surface area contributed by atoms with Gasteiger partial charge >= 0.3 is 0 Å². The lowest BCUT2D eigenvalue weighted by Crippen LogP contribution is -2.43. The van der Waals surface area contributed by atoms with Gasteiger partial charge in [-0.1, -0.05) is 30.3 Å². The predicted molar refractivity (Wildman–Crippen MR) is 89.8 cm³/mol. The maximum absolute atomic E-state index is 11.9. The Morgan fingerprint density at radius 1 is 1.17 bits per heavy atom. The number of hydrogen-bond donors (Lipinski definition) is 2. The first-order valence-corrected chi connectivity index (χ1v) is 7.44. The molecule has 2 N–H and O–H groups in total. The van der Waals surface area contributed by atoms with Gasteiger partial charge in [0.25, 0.3) is 0 Å². The Labute approximate surface area is 136 Å². The van der Waals surface area contributed by atoms with Crippen LogP contribution < -0.4 is 10.6 Å². The highest BCUT2D eigenvalue weighted by molar-refractivity contribution is 5.86. The van der Waals surface area contributed by atoms with Gasteiger partial charge in [-0.3, -0.25) is 9.79 Å². The molecule has 1 amide bonds. The van der Waals surface area contributed by atoms with Crippen molar-refractivity contribution in [1.82, 2.24) is 15.5 Å². The third-order valence-corrected chi connectivity index (χ3v) is 3.28. The van der Waals surface area contributed by atoms with Crippen LogP contribution in [-0.2, 0) is 17.9 Å². The number of benzene rings is 1. The summed E-state index contributed by atoms with van der Waals surface area (Å²) in [4.78, 5) is 18.0. The summed E-state index contributed by atoms with van der Waals surface area (Å²) in [7, 11) is 3.63. The normalized spacial score (nSPS) is 11.1. The molecule has 0 saturated carbocycles. The highest BCUT2D eigenvalue weighted by Gasteiger charge is 2.09. The summed E-state index contributed by atoms with van der Waals surface area (Å²) in [5.74, 6) is 1.28. The van der Waals surface area contributed by atoms with Gasteiger partial charge in [0.1, 0.15) is 5.76 Å². The molecule has 2 aromatic rings. The second kappa shape index (κ2) is 8.63. The van der Waals surface area contributed by atoms with Crippen molar-refractivity contribution in [3.8, 4) is 0 Å². The molecule has 1 aromatic carbocycles. The number of furan rings is 1. The summed E-state index contributed by atoms with van der Waals surface area (Å²) in [6.45, 7) is 1.26. The van der Waals surface area contributed by atoms with Gasteiger partial charge in [0, 0.05) is 20.6 Å². The van der Waals surface area contributed by atoms with Crippen LogP contribution in [0.4, 0.5) is 0 Å². The zero-order chi connectivity index (χ0) is 16.5. The van der Waals surface area contributed by atoms with Gasteiger partial charge < -0.3 is 20.0 Å². The summed E-state index contributed by atoms with van der Waals surface area (Å²) in [5, 5.41) is 5.84. The minimum absolute atomic E-state index is 0.115. The van der Waals surface area contributed by atoms with Crippen molar-refractivity contribution in [2.75, 3.05) is 20.6 Å². The molecular formula is C17H22N4O2. The van der Waals surface area contributed by atoms with Crippen LogP contribution in [0.1, 0.15) is 11.3 Å². The number of nitrogens with one attached hydrogen (secondary N) is 2. The van der Waals surface area contributed by atoms with Crippen molar-refractivity contribution in [3.05, 3.63) is 60.1 Å². The van der Waals surface area contributed by atoms with Crippen LogP contribution in [0.2, 0.25) is 0 Å². The number of aliphatic imine (C=N–C) groups is 1. The van der Waals surface area contributed by atoms with Crippen LogP contribution in [0.3, 0.4) is 0 Å². The fourth-order valence-corrected chi connectivity index (χ4v) is 2.14. The molecule has 0 aliphatic carbocycles. The lowest BCUT2D eigenvalue weighted by molar-refractivity contribution is -0.120. The van der Waals surface area contributed by atoms with Gasteiger partial charge in [-0.15, -0.1) is 0 Å². The van der Waals surface area contributed by atoms with Crippen LogP contribution in [0, 0.1) is 0 Å². The van der Waals surface area contributed by atoms with E-state index in [-0.39, 0.29) is 12.5 Å². The monoisotopic (exact) mass is 314 g/mol. The Bertz CT molecular complexity index is 623. The van der Waals surface area contributed by atoms with Crippen LogP contribution in [-0.4, -0.2) is 37.4 Å². The first-order valence-electron chi connectivity index (χ1n) is 7.44. The molecule has 0 atom stereocenters. The van der Waals surface area contributed by atoms with Crippen LogP contribution in [0.15, 0.2) is 58.1 Å². The van der Waals surface area contributed by atoms with Gasteiger partial charge in [0.2, 0.25) is 5.91 Å². The van der Waals surface area contributed by atoms with Crippen LogP contribution in [0.25, 0.3) is 0 Å². The van der Waals surface area contributed by atoms with E-state index in [0.717, 1.165) is 5.76 Å². The summed E-state index contributed by atoms with van der Waals surface area (Å²) < 4.78 is 5.17. The van der Waals surface area contributed by atoms with Gasteiger partial charge in [-0.05, 0) is 17.7 Å². The first kappa shape index (κ1) is 16.6. The number of nitrogens with zero attached hydrogens (tertiary/aromatic N) is 2. The Morgan fingerprint density at radius 3 is 2.61 bits per heavy atom. The Kier molecular flexibility index (Phi) is 6.23. The Morgan fingerprint density at radius 2 is 1.96 bits per heavy atom. The lowest BCUT2D eigenvalue weighted by atomic mass is 10.2. The van der Waals surface area contributed by atoms with Crippen molar-refractivity contribution >= 4 is 11.9 Å². The minimum Gasteiger partial charge on any atom is -0.467 e. The van der Waals surface area contributed by atoms with Gasteiger partial charge in [-0.2, -0.15) is 0 Å². The van der Waals surface area contributed by atoms with E-state index < -0.39 is 0 Å². The molecule has 0 unspecified atom stereocenters. The van der Waals surface area contributed by atoms with Crippen LogP contribution in [0.5, 0.6) is 0 Å². The molecule has 1 heterocycles. The van der Waals surface area contributed by atoms with E-state index in [1.165, 1.54) is 5.56 Å². The molecule has 0 radical (unpaired) electrons. The molecule has 0 saturated heterocycles. The highest BCUT2D eigenvalue weighted by Crippen LogP contribution is 2.02. The quantitative estimate of drug-likeness (QED) is 0.628. The predicted octanol–water partition coefficient (Wildman–Crippen LogP) is 1.60. The molecule has 0 bridgehead atoms. The fourth-order valence-electron chi connectivity index (χ4n) is 2.14. The molecule has 1 aromatic heterocycles. The van der Waals surface area contributed by atoms with Crippen LogP contribution >= 0.6 is 0 Å². The molecule has 2 rings (SSSR count). The molecule has 23 heavy (non-hydrogen) atoms. The zero-order valence-electron chi connectivity index (χ0n) is 13.5. The molecule has 0 aliphatic heterocycles. The van der Waals surface area contributed by atoms with E-state index in [1.807, 2.05) is 36.2 Å². The van der Waals surface area contributed by atoms with Gasteiger partial charge in [0.15, 0.2) is 5.96 Å². The number of rotatable bonds is 6. The number of hydrogen-bond acceptors (Lipinski definition) is 3. The number of guanidine groups is 1. The Balaban J connectivity index is 1.76. The zero-order valence-corrected chi connectivity index (χ0v) is 13.5. The van der Waals surface area contributed by atoms with E-state index in [9.17, 15) is 4.79 Å². The third-order valence-electron chi connectivity index (χ3n) is 3.28. The summed E-state index contributed by atoms with van der Waals surface area (Å²) in [6.07, 6.45) is 1.58. The summed E-state index contributed by atoms with van der Waals surface area (Å²) in [5.41, 5.74) is 1.18. The lowest BCUT2D eigenvalue weighted by Gasteiger charge is -2.22. The number of amides is 1. The molecular weight excluding hydrogens is 292 g/mol. The van der Waals surface area contributed by atoms with Crippen molar-refractivity contribution in [2.45, 2.75) is 13.1 Å². The van der Waals surface area contributed by atoms with E-state index in [4.69, 9.17) is 4.42 Å². The second-order valence-electron chi connectivity index (χ2n) is 5.10. The maximum Gasteiger partial charge on any atom is 0.239 e. The Hall–Kier alpha value is -2.76. The molecule has 0 aliphatic rings. The van der Waals surface area contributed by atoms with E-state index >= 15 is 0 Å². The molecule has 6 nitrogen and oxygen atoms in total. The van der Waals surface area contributed by atoms with E-state index in [2.05, 4.69) is 27.8 Å². The standard InChI is InChI=1S/C17H22N4O2/c1-18-17(21(2)13-14-7-4-3-5-8-14)20-12-16(22)19-11-15-9-6-10-23-15/h3-10H,11-13H2,1-2H3,(H,18,20)(H,19,22). The highest BCUT2D eigenvalue weighted by atomic mass is 16.3. The average molecular weight is 314 g/mol. The topological polar surface area (TPSA) is 69.9 Å². The largest absolute Gasteiger partial charge is 0.467 e. The van der Waals surface area contributed by atoms with Crippen molar-refractivity contribution in [2.24, 2.45) is 4.99 Å². The maximum atomic E-state index is 11.9. The molecule has 6 heteroatoms. The minimum atomic E-state index is -0.115. The molecule has 122 valence electrons. The second-order valence-corrected chi connectivity index (χ2v) is 5.10. The van der Waals surface area contributed by atoms with Gasteiger partial charge in [0.05, 0.1) is 19.4 Å². The third kappa shape index (κ3) is 5.50. The number of carbonyl (C=O) groups is 1. The smallest absolute Gasteiger partial charge is 0.239 e. The number of carbonyl (C=O) groups excluding carboxylic acids is 1.